The van der Waals surface area contributed by atoms with Gasteiger partial charge in [-0.25, -0.2) is 0 Å². The molecule has 1 aromatic heterocycles. The highest BCUT2D eigenvalue weighted by Gasteiger charge is 2.22. The van der Waals surface area contributed by atoms with E-state index >= 15 is 0 Å². The first-order valence-corrected chi connectivity index (χ1v) is 9.02. The minimum absolute atomic E-state index is 0.0967. The number of carbonyl (C=O) groups is 1. The average molecular weight is 347 g/mol. The third kappa shape index (κ3) is 4.39. The van der Waals surface area contributed by atoms with Crippen molar-refractivity contribution in [1.29, 1.82) is 0 Å². The third-order valence-corrected chi connectivity index (χ3v) is 4.58. The Kier molecular flexibility index (Phi) is 5.84. The highest BCUT2D eigenvalue weighted by molar-refractivity contribution is 5.83. The van der Waals surface area contributed by atoms with Crippen LogP contribution in [0.4, 0.5) is 0 Å². The van der Waals surface area contributed by atoms with Crippen molar-refractivity contribution in [2.75, 3.05) is 7.05 Å². The van der Waals surface area contributed by atoms with Crippen molar-refractivity contribution in [3.63, 3.8) is 0 Å². The summed E-state index contributed by atoms with van der Waals surface area (Å²) in [6.45, 7) is 3.36. The van der Waals surface area contributed by atoms with Crippen LogP contribution in [0, 0.1) is 0 Å². The number of hydrogen-bond donors (Lipinski definition) is 0. The normalized spacial score (nSPS) is 11.9. The fraction of sp³-hybridized carbons (Fsp3) is 0.273. The smallest absolute Gasteiger partial charge is 0.230 e. The highest BCUT2D eigenvalue weighted by atomic mass is 16.2. The van der Waals surface area contributed by atoms with E-state index in [9.17, 15) is 4.79 Å². The molecule has 0 N–H and O–H groups in total. The second kappa shape index (κ2) is 8.48. The molecule has 1 atom stereocenters. The molecule has 134 valence electrons. The quantitative estimate of drug-likeness (QED) is 0.646. The first kappa shape index (κ1) is 17.9. The van der Waals surface area contributed by atoms with E-state index in [2.05, 4.69) is 24.2 Å². The predicted octanol–water partition coefficient (Wildman–Crippen LogP) is 4.08. The van der Waals surface area contributed by atoms with Crippen molar-refractivity contribution in [2.24, 2.45) is 0 Å². The van der Waals surface area contributed by atoms with Gasteiger partial charge in [0, 0.05) is 25.4 Å². The first-order chi connectivity index (χ1) is 12.7. The van der Waals surface area contributed by atoms with Crippen molar-refractivity contribution in [2.45, 2.75) is 32.4 Å². The molecule has 2 aromatic carbocycles. The van der Waals surface area contributed by atoms with Crippen LogP contribution in [0.5, 0.6) is 0 Å². The molecule has 4 heteroatoms. The summed E-state index contributed by atoms with van der Waals surface area (Å²) in [4.78, 5) is 14.7. The Morgan fingerprint density at radius 2 is 1.69 bits per heavy atom. The Labute approximate surface area is 155 Å². The van der Waals surface area contributed by atoms with Gasteiger partial charge in [-0.3, -0.25) is 9.48 Å². The molecular formula is C22H25N3O. The number of hydrogen-bond acceptors (Lipinski definition) is 2. The van der Waals surface area contributed by atoms with E-state index in [1.807, 2.05) is 72.7 Å². The fourth-order valence-corrected chi connectivity index (χ4v) is 3.20. The molecule has 1 amide bonds. The predicted molar refractivity (Wildman–Crippen MR) is 104 cm³/mol. The molecule has 0 spiro atoms. The van der Waals surface area contributed by atoms with Crippen molar-refractivity contribution in [3.05, 3.63) is 89.7 Å². The molecule has 0 bridgehead atoms. The van der Waals surface area contributed by atoms with Crippen molar-refractivity contribution >= 4 is 5.91 Å². The largest absolute Gasteiger partial charge is 0.341 e. The number of rotatable bonds is 7. The third-order valence-electron chi connectivity index (χ3n) is 4.58. The average Bonchev–Trinajstić information content (AvgIpc) is 3.10. The Morgan fingerprint density at radius 3 is 2.35 bits per heavy atom. The lowest BCUT2D eigenvalue weighted by Crippen LogP contribution is -2.31. The lowest BCUT2D eigenvalue weighted by Gasteiger charge is -2.23. The molecule has 1 unspecified atom stereocenters. The molecule has 4 nitrogen and oxygen atoms in total. The monoisotopic (exact) mass is 347 g/mol. The number of benzene rings is 2. The Morgan fingerprint density at radius 1 is 1.04 bits per heavy atom. The van der Waals surface area contributed by atoms with Crippen LogP contribution >= 0.6 is 0 Å². The molecule has 26 heavy (non-hydrogen) atoms. The van der Waals surface area contributed by atoms with Crippen LogP contribution in [-0.2, 0) is 17.9 Å². The number of carbonyl (C=O) groups excluding carboxylic acids is 1. The standard InChI is InChI=1S/C22H25N3O/c1-3-21(20-12-8-5-9-13-20)22(26)24(2)15-19-14-23-25(17-19)16-18-10-6-4-7-11-18/h4-14,17,21H,3,15-16H2,1-2H3. The molecule has 0 fully saturated rings. The Balaban J connectivity index is 1.64. The first-order valence-electron chi connectivity index (χ1n) is 9.02. The van der Waals surface area contributed by atoms with Gasteiger partial charge in [0.1, 0.15) is 0 Å². The van der Waals surface area contributed by atoms with Gasteiger partial charge in [0.15, 0.2) is 0 Å². The van der Waals surface area contributed by atoms with E-state index in [1.54, 1.807) is 4.90 Å². The highest BCUT2D eigenvalue weighted by Crippen LogP contribution is 2.22. The molecule has 0 aliphatic carbocycles. The van der Waals surface area contributed by atoms with Crippen LogP contribution in [0.25, 0.3) is 0 Å². The molecule has 0 aliphatic heterocycles. The van der Waals surface area contributed by atoms with Crippen LogP contribution < -0.4 is 0 Å². The minimum Gasteiger partial charge on any atom is -0.341 e. The van der Waals surface area contributed by atoms with Gasteiger partial charge in [-0.2, -0.15) is 5.10 Å². The molecule has 3 aromatic rings. The number of amides is 1. The van der Waals surface area contributed by atoms with Crippen LogP contribution in [0.15, 0.2) is 73.1 Å². The van der Waals surface area contributed by atoms with E-state index in [0.29, 0.717) is 6.54 Å². The molecule has 0 radical (unpaired) electrons. The summed E-state index contributed by atoms with van der Waals surface area (Å²) in [7, 11) is 1.86. The van der Waals surface area contributed by atoms with Crippen LogP contribution in [0.2, 0.25) is 0 Å². The summed E-state index contributed by atoms with van der Waals surface area (Å²) in [5.74, 6) is 0.0510. The van der Waals surface area contributed by atoms with E-state index in [4.69, 9.17) is 0 Å². The van der Waals surface area contributed by atoms with E-state index < -0.39 is 0 Å². The van der Waals surface area contributed by atoms with Gasteiger partial charge < -0.3 is 4.90 Å². The van der Waals surface area contributed by atoms with E-state index in [1.165, 1.54) is 5.56 Å². The summed E-state index contributed by atoms with van der Waals surface area (Å²) < 4.78 is 1.91. The number of likely N-dealkylation sites (N-methyl/N-ethyl adjacent to an activating group) is 1. The second-order valence-electron chi connectivity index (χ2n) is 6.60. The van der Waals surface area contributed by atoms with Gasteiger partial charge in [-0.15, -0.1) is 0 Å². The van der Waals surface area contributed by atoms with Gasteiger partial charge in [0.2, 0.25) is 5.91 Å². The Hall–Kier alpha value is -2.88. The summed E-state index contributed by atoms with van der Waals surface area (Å²) in [5, 5.41) is 4.43. The number of aromatic nitrogens is 2. The van der Waals surface area contributed by atoms with Crippen LogP contribution in [0.3, 0.4) is 0 Å². The van der Waals surface area contributed by atoms with E-state index in [0.717, 1.165) is 24.1 Å². The molecule has 0 saturated carbocycles. The summed E-state index contributed by atoms with van der Waals surface area (Å²) in [6.07, 6.45) is 4.65. The van der Waals surface area contributed by atoms with Gasteiger partial charge >= 0.3 is 0 Å². The van der Waals surface area contributed by atoms with Crippen molar-refractivity contribution < 1.29 is 4.79 Å². The van der Waals surface area contributed by atoms with Gasteiger partial charge in [0.25, 0.3) is 0 Å². The number of nitrogens with zero attached hydrogens (tertiary/aromatic N) is 3. The van der Waals surface area contributed by atoms with Gasteiger partial charge in [0.05, 0.1) is 18.7 Å². The fourth-order valence-electron chi connectivity index (χ4n) is 3.20. The lowest BCUT2D eigenvalue weighted by atomic mass is 9.95. The zero-order valence-corrected chi connectivity index (χ0v) is 15.4. The summed E-state index contributed by atoms with van der Waals surface area (Å²) >= 11 is 0. The lowest BCUT2D eigenvalue weighted by molar-refractivity contribution is -0.132. The molecule has 0 aliphatic rings. The molecular weight excluding hydrogens is 322 g/mol. The molecule has 1 heterocycles. The minimum atomic E-state index is -0.0967. The summed E-state index contributed by atoms with van der Waals surface area (Å²) in [6, 6.07) is 20.2. The van der Waals surface area contributed by atoms with Crippen LogP contribution in [-0.4, -0.2) is 27.6 Å². The van der Waals surface area contributed by atoms with Crippen molar-refractivity contribution in [1.82, 2.24) is 14.7 Å². The van der Waals surface area contributed by atoms with Gasteiger partial charge in [-0.05, 0) is 17.5 Å². The topological polar surface area (TPSA) is 38.1 Å². The Bertz CT molecular complexity index is 827. The van der Waals surface area contributed by atoms with E-state index in [-0.39, 0.29) is 11.8 Å². The second-order valence-corrected chi connectivity index (χ2v) is 6.60. The maximum absolute atomic E-state index is 12.9. The maximum atomic E-state index is 12.9. The van der Waals surface area contributed by atoms with Crippen LogP contribution in [0.1, 0.15) is 36.0 Å². The summed E-state index contributed by atoms with van der Waals surface area (Å²) in [5.41, 5.74) is 3.33. The molecule has 0 saturated heterocycles. The van der Waals surface area contributed by atoms with Crippen molar-refractivity contribution in [3.8, 4) is 0 Å². The van der Waals surface area contributed by atoms with Gasteiger partial charge in [-0.1, -0.05) is 67.6 Å². The SMILES string of the molecule is CCC(C(=O)N(C)Cc1cnn(Cc2ccccc2)c1)c1ccccc1. The zero-order chi connectivity index (χ0) is 18.4. The zero-order valence-electron chi connectivity index (χ0n) is 15.4. The molecule has 3 rings (SSSR count). The maximum Gasteiger partial charge on any atom is 0.230 e.